The van der Waals surface area contributed by atoms with E-state index in [0.717, 1.165) is 0 Å². The fraction of sp³-hybridized carbons (Fsp3) is 0.292. The number of Topliss-reactive ketones (excluding diaryl/α,β-unsaturated/α-hetero) is 2. The van der Waals surface area contributed by atoms with Crippen LogP contribution in [0.15, 0.2) is 53.0 Å². The van der Waals surface area contributed by atoms with Gasteiger partial charge in [0.1, 0.15) is 11.5 Å². The van der Waals surface area contributed by atoms with E-state index in [-0.39, 0.29) is 34.0 Å². The highest BCUT2D eigenvalue weighted by molar-refractivity contribution is 6.25. The van der Waals surface area contributed by atoms with Crippen molar-refractivity contribution in [1.82, 2.24) is 0 Å². The summed E-state index contributed by atoms with van der Waals surface area (Å²) in [5.74, 6) is -2.03. The van der Waals surface area contributed by atoms with E-state index in [4.69, 9.17) is 4.99 Å². The lowest BCUT2D eigenvalue weighted by molar-refractivity contribution is -0.385. The van der Waals surface area contributed by atoms with E-state index in [9.17, 15) is 24.8 Å². The quantitative estimate of drug-likeness (QED) is 0.574. The van der Waals surface area contributed by atoms with Crippen molar-refractivity contribution in [1.29, 1.82) is 0 Å². The Morgan fingerprint density at radius 2 is 1.77 bits per heavy atom. The van der Waals surface area contributed by atoms with Gasteiger partial charge in [-0.1, -0.05) is 38.1 Å². The number of carbonyl (C=O) groups excluding carboxylic acids is 2. The Hall–Kier alpha value is -3.61. The monoisotopic (exact) mass is 416 g/mol. The van der Waals surface area contributed by atoms with Gasteiger partial charge in [-0.3, -0.25) is 24.7 Å². The Morgan fingerprint density at radius 1 is 1.06 bits per heavy atom. The van der Waals surface area contributed by atoms with Crippen molar-refractivity contribution in [2.45, 2.75) is 32.6 Å². The molecular formula is C24H20N2O5. The number of fused-ring (bicyclic) bond motifs is 3. The molecule has 2 aliphatic carbocycles. The molecule has 2 atom stereocenters. The summed E-state index contributed by atoms with van der Waals surface area (Å²) in [5.41, 5.74) is 2.43. The van der Waals surface area contributed by atoms with Crippen molar-refractivity contribution in [3.05, 3.63) is 74.8 Å². The van der Waals surface area contributed by atoms with Crippen LogP contribution >= 0.6 is 0 Å². The predicted octanol–water partition coefficient (Wildman–Crippen LogP) is 4.45. The second-order valence-electron chi connectivity index (χ2n) is 9.18. The van der Waals surface area contributed by atoms with Gasteiger partial charge in [0.15, 0.2) is 5.78 Å². The number of ketones is 2. The highest BCUT2D eigenvalue weighted by Crippen LogP contribution is 2.53. The third-order valence-electron chi connectivity index (χ3n) is 6.40. The Morgan fingerprint density at radius 3 is 2.48 bits per heavy atom. The van der Waals surface area contributed by atoms with Crippen LogP contribution in [0.2, 0.25) is 0 Å². The van der Waals surface area contributed by atoms with E-state index in [1.807, 2.05) is 26.0 Å². The van der Waals surface area contributed by atoms with E-state index in [1.54, 1.807) is 12.1 Å². The highest BCUT2D eigenvalue weighted by atomic mass is 16.6. The molecule has 3 aliphatic rings. The number of nitro groups is 1. The molecule has 31 heavy (non-hydrogen) atoms. The Balaban J connectivity index is 1.79. The van der Waals surface area contributed by atoms with Gasteiger partial charge in [0, 0.05) is 52.4 Å². The average Bonchev–Trinajstić information content (AvgIpc) is 2.98. The summed E-state index contributed by atoms with van der Waals surface area (Å²) < 4.78 is 0. The number of phenolic OH excluding ortho intramolecular Hbond substituents is 1. The number of rotatable bonds is 2. The summed E-state index contributed by atoms with van der Waals surface area (Å²) in [5, 5.41) is 22.1. The number of benzene rings is 2. The van der Waals surface area contributed by atoms with Gasteiger partial charge in [-0.05, 0) is 17.9 Å². The summed E-state index contributed by atoms with van der Waals surface area (Å²) in [6.07, 6.45) is 0.884. The molecule has 0 amide bonds. The van der Waals surface area contributed by atoms with Gasteiger partial charge in [0.25, 0.3) is 5.69 Å². The first-order chi connectivity index (χ1) is 14.7. The van der Waals surface area contributed by atoms with Gasteiger partial charge in [-0.2, -0.15) is 0 Å². The topological polar surface area (TPSA) is 110 Å². The van der Waals surface area contributed by atoms with Crippen LogP contribution in [0, 0.1) is 21.4 Å². The van der Waals surface area contributed by atoms with Crippen molar-refractivity contribution in [3.63, 3.8) is 0 Å². The summed E-state index contributed by atoms with van der Waals surface area (Å²) >= 11 is 0. The lowest BCUT2D eigenvalue weighted by Gasteiger charge is -2.40. The molecule has 1 aliphatic heterocycles. The van der Waals surface area contributed by atoms with Crippen LogP contribution in [0.1, 0.15) is 54.1 Å². The molecular weight excluding hydrogens is 396 g/mol. The van der Waals surface area contributed by atoms with Crippen LogP contribution < -0.4 is 0 Å². The largest absolute Gasteiger partial charge is 0.508 e. The minimum Gasteiger partial charge on any atom is -0.508 e. The van der Waals surface area contributed by atoms with E-state index in [2.05, 4.69) is 0 Å². The molecule has 156 valence electrons. The molecule has 0 aromatic heterocycles. The van der Waals surface area contributed by atoms with Crippen LogP contribution in [-0.2, 0) is 4.79 Å². The maximum atomic E-state index is 13.4. The van der Waals surface area contributed by atoms with Crippen LogP contribution in [0.4, 0.5) is 5.69 Å². The van der Waals surface area contributed by atoms with Crippen LogP contribution in [0.3, 0.4) is 0 Å². The van der Waals surface area contributed by atoms with Crippen molar-refractivity contribution in [2.75, 3.05) is 0 Å². The maximum Gasteiger partial charge on any atom is 0.269 e. The second kappa shape index (κ2) is 6.44. The summed E-state index contributed by atoms with van der Waals surface area (Å²) in [4.78, 5) is 42.4. The SMILES string of the molecule is CC1(C)CC(=O)C2C(=NC3=C(C(=O)c4ccccc43)[C@H]2c2cc([N+](=O)[O-])ccc2O)C1. The van der Waals surface area contributed by atoms with E-state index in [1.165, 1.54) is 18.2 Å². The number of hydrogen-bond donors (Lipinski definition) is 1. The molecule has 1 N–H and O–H groups in total. The minimum absolute atomic E-state index is 0.0683. The fourth-order valence-electron chi connectivity index (χ4n) is 5.16. The van der Waals surface area contributed by atoms with Gasteiger partial charge >= 0.3 is 0 Å². The number of non-ortho nitro benzene ring substituents is 1. The molecule has 2 aromatic carbocycles. The van der Waals surface area contributed by atoms with Crippen molar-refractivity contribution in [2.24, 2.45) is 16.3 Å². The number of nitro benzene ring substituents is 1. The number of hydrogen-bond acceptors (Lipinski definition) is 6. The zero-order valence-corrected chi connectivity index (χ0v) is 17.1. The fourth-order valence-corrected chi connectivity index (χ4v) is 5.16. The predicted molar refractivity (Wildman–Crippen MR) is 114 cm³/mol. The lowest BCUT2D eigenvalue weighted by Crippen LogP contribution is -2.43. The standard InChI is InChI=1S/C24H20N2O5/c1-24(2)10-16-20(18(28)11-24)19(15-9-12(26(30)31)7-8-17(15)27)21-22(25-16)13-5-3-4-6-14(13)23(21)29/h3-9,19-20,27H,10-11H2,1-2H3/t19-,20?/m0/s1. The van der Waals surface area contributed by atoms with Gasteiger partial charge in [0.05, 0.1) is 16.5 Å². The summed E-state index contributed by atoms with van der Waals surface area (Å²) in [7, 11) is 0. The van der Waals surface area contributed by atoms with Crippen LogP contribution in [-0.4, -0.2) is 27.3 Å². The molecule has 7 nitrogen and oxygen atoms in total. The van der Waals surface area contributed by atoms with Crippen molar-refractivity contribution >= 4 is 28.7 Å². The molecule has 2 aromatic rings. The number of nitrogens with zero attached hydrogens (tertiary/aromatic N) is 2. The molecule has 5 rings (SSSR count). The maximum absolute atomic E-state index is 13.4. The van der Waals surface area contributed by atoms with E-state index in [0.29, 0.717) is 41.0 Å². The van der Waals surface area contributed by atoms with Gasteiger partial charge in [-0.25, -0.2) is 0 Å². The molecule has 0 bridgehead atoms. The molecule has 1 heterocycles. The number of allylic oxidation sites excluding steroid dienone is 1. The zero-order valence-electron chi connectivity index (χ0n) is 17.1. The Bertz CT molecular complexity index is 1250. The van der Waals surface area contributed by atoms with Gasteiger partial charge in [-0.15, -0.1) is 0 Å². The van der Waals surface area contributed by atoms with Crippen molar-refractivity contribution < 1.29 is 19.6 Å². The van der Waals surface area contributed by atoms with Gasteiger partial charge < -0.3 is 5.11 Å². The number of phenols is 1. The second-order valence-corrected chi connectivity index (χ2v) is 9.18. The Kier molecular flexibility index (Phi) is 4.02. The third-order valence-corrected chi connectivity index (χ3v) is 6.40. The summed E-state index contributed by atoms with van der Waals surface area (Å²) in [6.45, 7) is 4.00. The highest BCUT2D eigenvalue weighted by Gasteiger charge is 2.50. The van der Waals surface area contributed by atoms with Crippen molar-refractivity contribution in [3.8, 4) is 5.75 Å². The Labute approximate surface area is 178 Å². The van der Waals surface area contributed by atoms with Crippen LogP contribution in [0.5, 0.6) is 5.75 Å². The smallest absolute Gasteiger partial charge is 0.269 e. The molecule has 1 unspecified atom stereocenters. The minimum atomic E-state index is -0.814. The number of aromatic hydroxyl groups is 1. The zero-order chi connectivity index (χ0) is 22.1. The van der Waals surface area contributed by atoms with Crippen LogP contribution in [0.25, 0.3) is 5.70 Å². The molecule has 1 saturated carbocycles. The first-order valence-electron chi connectivity index (χ1n) is 10.1. The van der Waals surface area contributed by atoms with Gasteiger partial charge in [0.2, 0.25) is 0 Å². The van der Waals surface area contributed by atoms with E-state index < -0.39 is 16.8 Å². The first kappa shape index (κ1) is 19.4. The third kappa shape index (κ3) is 2.84. The molecule has 1 fully saturated rings. The molecule has 0 spiro atoms. The van der Waals surface area contributed by atoms with E-state index >= 15 is 0 Å². The molecule has 0 saturated heterocycles. The first-order valence-corrected chi connectivity index (χ1v) is 10.1. The molecule has 7 heteroatoms. The molecule has 0 radical (unpaired) electrons. The average molecular weight is 416 g/mol. The number of aliphatic imine (C=N–C) groups is 1. The normalized spacial score (nSPS) is 23.7. The lowest BCUT2D eigenvalue weighted by atomic mass is 9.63. The number of carbonyl (C=O) groups is 2. The summed E-state index contributed by atoms with van der Waals surface area (Å²) in [6, 6.07) is 10.9.